The van der Waals surface area contributed by atoms with Crippen LogP contribution >= 0.6 is 0 Å². The predicted molar refractivity (Wildman–Crippen MR) is 74.7 cm³/mol. The molecule has 2 N–H and O–H groups in total. The van der Waals surface area contributed by atoms with Gasteiger partial charge in [-0.2, -0.15) is 0 Å². The summed E-state index contributed by atoms with van der Waals surface area (Å²) in [6.07, 6.45) is 12.1. The molecule has 106 valence electrons. The highest BCUT2D eigenvalue weighted by molar-refractivity contribution is 5.74. The molecule has 1 heterocycles. The third-order valence-corrected chi connectivity index (χ3v) is 3.72. The summed E-state index contributed by atoms with van der Waals surface area (Å²) >= 11 is 0. The molecule has 1 saturated carbocycles. The van der Waals surface area contributed by atoms with E-state index in [-0.39, 0.29) is 6.03 Å². The van der Waals surface area contributed by atoms with Crippen LogP contribution in [-0.2, 0) is 6.54 Å². The third-order valence-electron chi connectivity index (χ3n) is 3.72. The summed E-state index contributed by atoms with van der Waals surface area (Å²) in [5.74, 6) is 0.815. The fourth-order valence-corrected chi connectivity index (χ4v) is 2.57. The molecule has 1 aliphatic rings. The van der Waals surface area contributed by atoms with Crippen molar-refractivity contribution in [2.24, 2.45) is 0 Å². The zero-order valence-electron chi connectivity index (χ0n) is 11.7. The van der Waals surface area contributed by atoms with E-state index in [9.17, 15) is 4.79 Å². The van der Waals surface area contributed by atoms with Gasteiger partial charge in [-0.25, -0.2) is 9.78 Å². The van der Waals surface area contributed by atoms with E-state index in [0.29, 0.717) is 12.6 Å². The van der Waals surface area contributed by atoms with E-state index in [4.69, 9.17) is 0 Å². The van der Waals surface area contributed by atoms with E-state index in [0.717, 1.165) is 18.7 Å². The van der Waals surface area contributed by atoms with Crippen molar-refractivity contribution >= 4 is 6.03 Å². The van der Waals surface area contributed by atoms with Gasteiger partial charge in [-0.15, -0.1) is 0 Å². The average Bonchev–Trinajstić information content (AvgIpc) is 2.85. The van der Waals surface area contributed by atoms with Gasteiger partial charge in [-0.05, 0) is 12.8 Å². The molecular formula is C14H24N4O. The number of aromatic amines is 1. The second-order valence-corrected chi connectivity index (χ2v) is 5.38. The minimum atomic E-state index is 0.00183. The molecule has 1 fully saturated rings. The smallest absolute Gasteiger partial charge is 0.317 e. The maximum atomic E-state index is 12.1. The first-order valence-electron chi connectivity index (χ1n) is 7.25. The van der Waals surface area contributed by atoms with Crippen LogP contribution in [0, 0.1) is 0 Å². The van der Waals surface area contributed by atoms with Crippen molar-refractivity contribution in [3.63, 3.8) is 0 Å². The number of rotatable bonds is 3. The first-order valence-corrected chi connectivity index (χ1v) is 7.25. The highest BCUT2D eigenvalue weighted by Gasteiger charge is 2.16. The van der Waals surface area contributed by atoms with Crippen molar-refractivity contribution in [2.45, 2.75) is 57.5 Å². The summed E-state index contributed by atoms with van der Waals surface area (Å²) in [4.78, 5) is 20.9. The lowest BCUT2D eigenvalue weighted by Gasteiger charge is -2.24. The van der Waals surface area contributed by atoms with Crippen LogP contribution in [-0.4, -0.2) is 34.0 Å². The second kappa shape index (κ2) is 7.16. The molecule has 1 aromatic heterocycles. The topological polar surface area (TPSA) is 61.0 Å². The Labute approximate surface area is 114 Å². The van der Waals surface area contributed by atoms with Gasteiger partial charge in [0.25, 0.3) is 0 Å². The standard InChI is InChI=1S/C14H24N4O/c1-18(11-13-15-9-10-16-13)14(19)17-12-7-5-3-2-4-6-8-12/h9-10,12H,2-8,11H2,1H3,(H,15,16)(H,17,19). The molecule has 5 nitrogen and oxygen atoms in total. The molecule has 0 radical (unpaired) electrons. The monoisotopic (exact) mass is 264 g/mol. The summed E-state index contributed by atoms with van der Waals surface area (Å²) in [7, 11) is 1.81. The van der Waals surface area contributed by atoms with Gasteiger partial charge >= 0.3 is 6.03 Å². The summed E-state index contributed by atoms with van der Waals surface area (Å²) in [5, 5.41) is 3.14. The number of nitrogens with one attached hydrogen (secondary N) is 2. The molecule has 0 bridgehead atoms. The maximum Gasteiger partial charge on any atom is 0.317 e. The Bertz CT molecular complexity index is 369. The molecule has 1 aromatic rings. The SMILES string of the molecule is CN(Cc1ncc[nH]1)C(=O)NC1CCCCCCC1. The molecule has 19 heavy (non-hydrogen) atoms. The zero-order chi connectivity index (χ0) is 13.5. The minimum Gasteiger partial charge on any atom is -0.347 e. The number of hydrogen-bond acceptors (Lipinski definition) is 2. The van der Waals surface area contributed by atoms with Crippen molar-refractivity contribution in [1.82, 2.24) is 20.2 Å². The van der Waals surface area contributed by atoms with Crippen LogP contribution in [0.5, 0.6) is 0 Å². The van der Waals surface area contributed by atoms with Crippen molar-refractivity contribution < 1.29 is 4.79 Å². The van der Waals surface area contributed by atoms with Crippen LogP contribution in [0.4, 0.5) is 4.79 Å². The summed E-state index contributed by atoms with van der Waals surface area (Å²) < 4.78 is 0. The number of imidazole rings is 1. The highest BCUT2D eigenvalue weighted by atomic mass is 16.2. The fraction of sp³-hybridized carbons (Fsp3) is 0.714. The number of carbonyl (C=O) groups is 1. The van der Waals surface area contributed by atoms with Gasteiger partial charge in [-0.3, -0.25) is 0 Å². The molecule has 5 heteroatoms. The average molecular weight is 264 g/mol. The number of carbonyl (C=O) groups excluding carboxylic acids is 1. The Morgan fingerprint density at radius 1 is 1.37 bits per heavy atom. The molecule has 0 aliphatic heterocycles. The van der Waals surface area contributed by atoms with Crippen LogP contribution in [0.3, 0.4) is 0 Å². The first kappa shape index (κ1) is 13.9. The van der Waals surface area contributed by atoms with Crippen molar-refractivity contribution in [3.8, 4) is 0 Å². The van der Waals surface area contributed by atoms with Gasteiger partial charge in [0.05, 0.1) is 6.54 Å². The number of H-pyrrole nitrogens is 1. The van der Waals surface area contributed by atoms with E-state index in [2.05, 4.69) is 15.3 Å². The molecule has 0 aromatic carbocycles. The van der Waals surface area contributed by atoms with E-state index in [1.807, 2.05) is 0 Å². The Hall–Kier alpha value is -1.52. The van der Waals surface area contributed by atoms with Gasteiger partial charge in [0, 0.05) is 25.5 Å². The van der Waals surface area contributed by atoms with Gasteiger partial charge in [0.15, 0.2) is 0 Å². The first-order chi connectivity index (χ1) is 9.25. The van der Waals surface area contributed by atoms with Crippen molar-refractivity contribution in [2.75, 3.05) is 7.05 Å². The van der Waals surface area contributed by atoms with Crippen LogP contribution in [0.1, 0.15) is 50.8 Å². The summed E-state index contributed by atoms with van der Waals surface area (Å²) in [5.41, 5.74) is 0. The van der Waals surface area contributed by atoms with Crippen LogP contribution in [0.2, 0.25) is 0 Å². The number of amides is 2. The largest absolute Gasteiger partial charge is 0.347 e. The zero-order valence-corrected chi connectivity index (χ0v) is 11.7. The minimum absolute atomic E-state index is 0.00183. The third kappa shape index (κ3) is 4.58. The van der Waals surface area contributed by atoms with Crippen molar-refractivity contribution in [1.29, 1.82) is 0 Å². The molecule has 0 unspecified atom stereocenters. The Kier molecular flexibility index (Phi) is 5.24. The highest BCUT2D eigenvalue weighted by Crippen LogP contribution is 2.17. The second-order valence-electron chi connectivity index (χ2n) is 5.38. The molecule has 1 aliphatic carbocycles. The summed E-state index contributed by atoms with van der Waals surface area (Å²) in [6.45, 7) is 0.519. The number of nitrogens with zero attached hydrogens (tertiary/aromatic N) is 2. The maximum absolute atomic E-state index is 12.1. The molecular weight excluding hydrogens is 240 g/mol. The molecule has 0 spiro atoms. The van der Waals surface area contributed by atoms with E-state index in [1.54, 1.807) is 24.3 Å². The summed E-state index contributed by atoms with van der Waals surface area (Å²) in [6, 6.07) is 0.342. The lowest BCUT2D eigenvalue weighted by atomic mass is 9.97. The van der Waals surface area contributed by atoms with E-state index in [1.165, 1.54) is 32.1 Å². The molecule has 2 rings (SSSR count). The van der Waals surface area contributed by atoms with Gasteiger partial charge in [0.1, 0.15) is 5.82 Å². The number of hydrogen-bond donors (Lipinski definition) is 2. The number of urea groups is 1. The normalized spacial score (nSPS) is 17.5. The Morgan fingerprint density at radius 2 is 2.05 bits per heavy atom. The van der Waals surface area contributed by atoms with Gasteiger partial charge in [0.2, 0.25) is 0 Å². The van der Waals surface area contributed by atoms with Crippen LogP contribution < -0.4 is 5.32 Å². The van der Waals surface area contributed by atoms with Gasteiger partial charge in [-0.1, -0.05) is 32.1 Å². The molecule has 2 amide bonds. The van der Waals surface area contributed by atoms with Crippen LogP contribution in [0.25, 0.3) is 0 Å². The lowest BCUT2D eigenvalue weighted by Crippen LogP contribution is -2.43. The van der Waals surface area contributed by atoms with Crippen molar-refractivity contribution in [3.05, 3.63) is 18.2 Å². The molecule has 0 saturated heterocycles. The van der Waals surface area contributed by atoms with E-state index < -0.39 is 0 Å². The molecule has 0 atom stereocenters. The fourth-order valence-electron chi connectivity index (χ4n) is 2.57. The number of aromatic nitrogens is 2. The lowest BCUT2D eigenvalue weighted by molar-refractivity contribution is 0.199. The Balaban J connectivity index is 1.78. The predicted octanol–water partition coefficient (Wildman–Crippen LogP) is 2.66. The quantitative estimate of drug-likeness (QED) is 0.881. The van der Waals surface area contributed by atoms with Gasteiger partial charge < -0.3 is 15.2 Å². The van der Waals surface area contributed by atoms with E-state index >= 15 is 0 Å². The Morgan fingerprint density at radius 3 is 2.68 bits per heavy atom. The van der Waals surface area contributed by atoms with Crippen LogP contribution in [0.15, 0.2) is 12.4 Å².